The van der Waals surface area contributed by atoms with Gasteiger partial charge in [0.25, 0.3) is 5.91 Å². The molecule has 11 nitrogen and oxygen atoms in total. The molecule has 42 heavy (non-hydrogen) atoms. The Labute approximate surface area is 244 Å². The maximum atomic E-state index is 13.2. The summed E-state index contributed by atoms with van der Waals surface area (Å²) in [6, 6.07) is 18.8. The van der Waals surface area contributed by atoms with E-state index >= 15 is 0 Å². The van der Waals surface area contributed by atoms with Gasteiger partial charge in [0.1, 0.15) is 18.4 Å². The Morgan fingerprint density at radius 3 is 2.43 bits per heavy atom. The number of rotatable bonds is 11. The summed E-state index contributed by atoms with van der Waals surface area (Å²) in [4.78, 5) is 54.5. The largest absolute Gasteiger partial charge is 0.455 e. The van der Waals surface area contributed by atoms with Crippen LogP contribution in [0.3, 0.4) is 0 Å². The molecule has 3 aromatic carbocycles. The van der Waals surface area contributed by atoms with Gasteiger partial charge in [-0.05, 0) is 36.2 Å². The lowest BCUT2D eigenvalue weighted by atomic mass is 10.1. The number of carbonyl (C=O) groups is 4. The van der Waals surface area contributed by atoms with E-state index in [1.165, 1.54) is 17.0 Å². The molecule has 11 heteroatoms. The quantitative estimate of drug-likeness (QED) is 0.320. The van der Waals surface area contributed by atoms with Crippen molar-refractivity contribution in [2.45, 2.75) is 25.5 Å². The van der Waals surface area contributed by atoms with Crippen LogP contribution < -0.4 is 25.6 Å². The molecule has 0 aliphatic carbocycles. The van der Waals surface area contributed by atoms with Gasteiger partial charge in [-0.15, -0.1) is 0 Å². The summed E-state index contributed by atoms with van der Waals surface area (Å²) < 4.78 is 11.7. The number of benzene rings is 3. The molecule has 1 aliphatic rings. The van der Waals surface area contributed by atoms with Crippen molar-refractivity contribution in [3.8, 4) is 11.5 Å². The fourth-order valence-corrected chi connectivity index (χ4v) is 4.24. The third kappa shape index (κ3) is 7.85. The monoisotopic (exact) mass is 573 g/mol. The van der Waals surface area contributed by atoms with Gasteiger partial charge in [0.05, 0.1) is 23.5 Å². The number of ether oxygens (including phenoxy) is 2. The molecule has 220 valence electrons. The summed E-state index contributed by atoms with van der Waals surface area (Å²) in [6.45, 7) is 0.0312. The van der Waals surface area contributed by atoms with Crippen molar-refractivity contribution in [1.82, 2.24) is 10.2 Å². The number of nitrogens with zero attached hydrogens (tertiary/aromatic N) is 2. The molecular formula is C31H35N5O6. The van der Waals surface area contributed by atoms with E-state index in [0.29, 0.717) is 5.75 Å². The lowest BCUT2D eigenvalue weighted by Gasteiger charge is -2.17. The van der Waals surface area contributed by atoms with E-state index in [2.05, 4.69) is 16.0 Å². The molecule has 1 aliphatic heterocycles. The molecular weight excluding hydrogens is 538 g/mol. The molecule has 3 N–H and O–H groups in total. The van der Waals surface area contributed by atoms with E-state index in [-0.39, 0.29) is 54.7 Å². The minimum atomic E-state index is -0.917. The first-order valence-electron chi connectivity index (χ1n) is 13.5. The molecule has 0 unspecified atom stereocenters. The van der Waals surface area contributed by atoms with Gasteiger partial charge in [0, 0.05) is 46.4 Å². The molecule has 4 rings (SSSR count). The molecule has 0 bridgehead atoms. The lowest BCUT2D eigenvalue weighted by Crippen LogP contribution is -2.41. The van der Waals surface area contributed by atoms with Crippen molar-refractivity contribution in [2.24, 2.45) is 0 Å². The highest BCUT2D eigenvalue weighted by molar-refractivity contribution is 6.11. The molecule has 3 aromatic rings. The summed E-state index contributed by atoms with van der Waals surface area (Å²) in [5, 5.41) is 8.25. The number of fused-ring (bicyclic) bond motifs is 1. The maximum absolute atomic E-state index is 13.2. The molecule has 0 fully saturated rings. The fourth-order valence-electron chi connectivity index (χ4n) is 4.24. The molecule has 0 aromatic heterocycles. The molecule has 1 heterocycles. The van der Waals surface area contributed by atoms with Crippen LogP contribution in [0, 0.1) is 0 Å². The predicted octanol–water partition coefficient (Wildman–Crippen LogP) is 3.62. The number of hydrogen-bond donors (Lipinski definition) is 3. The molecule has 1 atom stereocenters. The molecule has 0 radical (unpaired) electrons. The van der Waals surface area contributed by atoms with E-state index in [4.69, 9.17) is 9.47 Å². The maximum Gasteiger partial charge on any atom is 0.254 e. The lowest BCUT2D eigenvalue weighted by molar-refractivity contribution is -0.129. The SMILES string of the molecule is CN(C)C(=O)CC[C@H]1NC(=O)c2cc(Oc3cccc(N(C)C)c3)c(NC(=O)COCc3ccccc3)cc2NC1=O. The fraction of sp³-hybridized carbons (Fsp3) is 0.290. The smallest absolute Gasteiger partial charge is 0.254 e. The van der Waals surface area contributed by atoms with Crippen molar-refractivity contribution >= 4 is 40.7 Å². The molecule has 0 saturated heterocycles. The van der Waals surface area contributed by atoms with E-state index in [0.717, 1.165) is 11.3 Å². The highest BCUT2D eigenvalue weighted by Gasteiger charge is 2.30. The Kier molecular flexibility index (Phi) is 9.77. The molecule has 0 spiro atoms. The first-order valence-corrected chi connectivity index (χ1v) is 13.5. The van der Waals surface area contributed by atoms with Crippen LogP contribution in [0.5, 0.6) is 11.5 Å². The minimum absolute atomic E-state index is 0.0859. The predicted molar refractivity (Wildman–Crippen MR) is 160 cm³/mol. The Hall–Kier alpha value is -4.90. The van der Waals surface area contributed by atoms with Crippen LogP contribution in [-0.2, 0) is 25.7 Å². The van der Waals surface area contributed by atoms with Crippen molar-refractivity contribution in [2.75, 3.05) is 50.3 Å². The molecule has 0 saturated carbocycles. The van der Waals surface area contributed by atoms with Crippen molar-refractivity contribution < 1.29 is 28.7 Å². The second-order valence-electron chi connectivity index (χ2n) is 10.3. The third-order valence-corrected chi connectivity index (χ3v) is 6.57. The second-order valence-corrected chi connectivity index (χ2v) is 10.3. The van der Waals surface area contributed by atoms with Crippen LogP contribution in [0.2, 0.25) is 0 Å². The number of amides is 4. The van der Waals surface area contributed by atoms with Gasteiger partial charge in [0.2, 0.25) is 17.7 Å². The number of carbonyl (C=O) groups excluding carboxylic acids is 4. The van der Waals surface area contributed by atoms with Gasteiger partial charge in [0.15, 0.2) is 5.75 Å². The van der Waals surface area contributed by atoms with E-state index < -0.39 is 23.8 Å². The Balaban J connectivity index is 1.58. The highest BCUT2D eigenvalue weighted by Crippen LogP contribution is 2.37. The first-order chi connectivity index (χ1) is 20.1. The minimum Gasteiger partial charge on any atom is -0.455 e. The van der Waals surface area contributed by atoms with Crippen LogP contribution in [-0.4, -0.2) is 69.4 Å². The topological polar surface area (TPSA) is 129 Å². The number of nitrogens with one attached hydrogen (secondary N) is 3. The Morgan fingerprint density at radius 1 is 0.952 bits per heavy atom. The summed E-state index contributed by atoms with van der Waals surface area (Å²) >= 11 is 0. The standard InChI is InChI=1S/C31H35N5O6/c1-35(2)21-11-8-12-22(15-21)42-27-16-23-25(34-31(40)24(33-30(23)39)13-14-29(38)36(3)4)17-26(27)32-28(37)19-41-18-20-9-6-5-7-10-20/h5-12,15-17,24H,13-14,18-19H2,1-4H3,(H,32,37)(H,33,39)(H,34,40)/t24-/m1/s1. The Morgan fingerprint density at radius 2 is 1.71 bits per heavy atom. The number of anilines is 3. The summed E-state index contributed by atoms with van der Waals surface area (Å²) in [7, 11) is 7.06. The van der Waals surface area contributed by atoms with Crippen LogP contribution in [0.25, 0.3) is 0 Å². The summed E-state index contributed by atoms with van der Waals surface area (Å²) in [5.41, 5.74) is 2.42. The van der Waals surface area contributed by atoms with Gasteiger partial charge < -0.3 is 35.2 Å². The third-order valence-electron chi connectivity index (χ3n) is 6.57. The zero-order valence-electron chi connectivity index (χ0n) is 24.1. The second kappa shape index (κ2) is 13.6. The average Bonchev–Trinajstić information content (AvgIpc) is 3.07. The van der Waals surface area contributed by atoms with Crippen LogP contribution in [0.1, 0.15) is 28.8 Å². The summed E-state index contributed by atoms with van der Waals surface area (Å²) in [5.74, 6) is -0.899. The van der Waals surface area contributed by atoms with Crippen LogP contribution in [0.4, 0.5) is 17.1 Å². The van der Waals surface area contributed by atoms with Gasteiger partial charge in [-0.3, -0.25) is 19.2 Å². The Bertz CT molecular complexity index is 1460. The van der Waals surface area contributed by atoms with Gasteiger partial charge in [-0.2, -0.15) is 0 Å². The average molecular weight is 574 g/mol. The molecule has 4 amide bonds. The normalized spacial score (nSPS) is 14.1. The van der Waals surface area contributed by atoms with Gasteiger partial charge in [-0.25, -0.2) is 0 Å². The van der Waals surface area contributed by atoms with Gasteiger partial charge in [-0.1, -0.05) is 36.4 Å². The first kappa shape index (κ1) is 30.1. The van der Waals surface area contributed by atoms with Gasteiger partial charge >= 0.3 is 0 Å². The van der Waals surface area contributed by atoms with Crippen molar-refractivity contribution in [3.05, 3.63) is 77.9 Å². The van der Waals surface area contributed by atoms with E-state index in [9.17, 15) is 19.2 Å². The number of hydrogen-bond acceptors (Lipinski definition) is 7. The zero-order valence-corrected chi connectivity index (χ0v) is 24.1. The summed E-state index contributed by atoms with van der Waals surface area (Å²) in [6.07, 6.45) is 0.216. The highest BCUT2D eigenvalue weighted by atomic mass is 16.5. The van der Waals surface area contributed by atoms with E-state index in [1.807, 2.05) is 67.5 Å². The van der Waals surface area contributed by atoms with Crippen LogP contribution >= 0.6 is 0 Å². The van der Waals surface area contributed by atoms with Crippen LogP contribution in [0.15, 0.2) is 66.7 Å². The van der Waals surface area contributed by atoms with Crippen molar-refractivity contribution in [3.63, 3.8) is 0 Å². The van der Waals surface area contributed by atoms with E-state index in [1.54, 1.807) is 20.2 Å². The van der Waals surface area contributed by atoms with Crippen molar-refractivity contribution in [1.29, 1.82) is 0 Å². The zero-order chi connectivity index (χ0) is 30.2.